The third kappa shape index (κ3) is 3.70. The van der Waals surface area contributed by atoms with Crippen LogP contribution in [0.3, 0.4) is 0 Å². The van der Waals surface area contributed by atoms with Gasteiger partial charge in [0.1, 0.15) is 6.54 Å². The number of nitrogens with two attached hydrogens (primary N) is 1. The van der Waals surface area contributed by atoms with Crippen LogP contribution in [0.5, 0.6) is 5.88 Å². The Hall–Kier alpha value is -2.57. The van der Waals surface area contributed by atoms with Gasteiger partial charge in [0.15, 0.2) is 0 Å². The van der Waals surface area contributed by atoms with E-state index in [1.807, 2.05) is 6.07 Å². The van der Waals surface area contributed by atoms with Gasteiger partial charge in [-0.15, -0.1) is 0 Å². The van der Waals surface area contributed by atoms with E-state index in [0.717, 1.165) is 5.56 Å². The first-order valence-electron chi connectivity index (χ1n) is 5.71. The molecule has 3 N–H and O–H groups in total. The summed E-state index contributed by atoms with van der Waals surface area (Å²) in [7, 11) is 1.56. The minimum absolute atomic E-state index is 0.140. The van der Waals surface area contributed by atoms with E-state index in [2.05, 4.69) is 15.4 Å². The number of anilines is 1. The first-order valence-corrected chi connectivity index (χ1v) is 5.71. The zero-order valence-corrected chi connectivity index (χ0v) is 10.5. The molecular formula is C12H15N5O2. The Kier molecular flexibility index (Phi) is 3.97. The maximum absolute atomic E-state index is 11.7. The minimum atomic E-state index is -0.140. The quantitative estimate of drug-likeness (QED) is 0.800. The van der Waals surface area contributed by atoms with E-state index in [1.54, 1.807) is 25.6 Å². The summed E-state index contributed by atoms with van der Waals surface area (Å²) in [6.45, 7) is 0.549. The van der Waals surface area contributed by atoms with Crippen molar-refractivity contribution in [3.8, 4) is 5.88 Å². The Labute approximate surface area is 110 Å². The predicted molar refractivity (Wildman–Crippen MR) is 69.3 cm³/mol. The second kappa shape index (κ2) is 5.85. The van der Waals surface area contributed by atoms with Crippen LogP contribution in [-0.4, -0.2) is 27.8 Å². The molecule has 0 saturated carbocycles. The van der Waals surface area contributed by atoms with E-state index in [4.69, 9.17) is 10.5 Å². The lowest BCUT2D eigenvalue weighted by atomic mass is 10.3. The standard InChI is InChI=1S/C12H15N5O2/c1-19-12-3-2-9(5-15-12)4-14-11(18)8-17-7-10(13)6-16-17/h2-3,5-7H,4,8,13H2,1H3,(H,14,18). The summed E-state index contributed by atoms with van der Waals surface area (Å²) < 4.78 is 6.44. The SMILES string of the molecule is COc1ccc(CNC(=O)Cn2cc(N)cn2)cn1. The van der Waals surface area contributed by atoms with Gasteiger partial charge in [0.2, 0.25) is 11.8 Å². The summed E-state index contributed by atoms with van der Waals surface area (Å²) in [5.74, 6) is 0.404. The molecule has 2 heterocycles. The lowest BCUT2D eigenvalue weighted by Gasteiger charge is -2.06. The van der Waals surface area contributed by atoms with Crippen molar-refractivity contribution < 1.29 is 9.53 Å². The normalized spacial score (nSPS) is 10.2. The van der Waals surface area contributed by atoms with Crippen molar-refractivity contribution in [1.29, 1.82) is 0 Å². The number of carbonyl (C=O) groups is 1. The Morgan fingerprint density at radius 2 is 2.32 bits per heavy atom. The Balaban J connectivity index is 1.82. The molecule has 0 aliphatic rings. The zero-order valence-electron chi connectivity index (χ0n) is 10.5. The van der Waals surface area contributed by atoms with Crippen molar-refractivity contribution >= 4 is 11.6 Å². The van der Waals surface area contributed by atoms with Crippen molar-refractivity contribution in [2.45, 2.75) is 13.1 Å². The van der Waals surface area contributed by atoms with Crippen LogP contribution in [0.15, 0.2) is 30.7 Å². The second-order valence-electron chi connectivity index (χ2n) is 3.96. The van der Waals surface area contributed by atoms with Crippen LogP contribution < -0.4 is 15.8 Å². The maximum atomic E-state index is 11.7. The van der Waals surface area contributed by atoms with Crippen molar-refractivity contribution in [3.05, 3.63) is 36.3 Å². The van der Waals surface area contributed by atoms with E-state index >= 15 is 0 Å². The van der Waals surface area contributed by atoms with Gasteiger partial charge in [-0.2, -0.15) is 5.10 Å². The number of pyridine rings is 1. The van der Waals surface area contributed by atoms with E-state index in [9.17, 15) is 4.79 Å². The summed E-state index contributed by atoms with van der Waals surface area (Å²) in [6.07, 6.45) is 4.76. The molecule has 0 aliphatic heterocycles. The summed E-state index contributed by atoms with van der Waals surface area (Å²) in [4.78, 5) is 15.7. The molecule has 7 heteroatoms. The monoisotopic (exact) mass is 261 g/mol. The van der Waals surface area contributed by atoms with Crippen LogP contribution in [0, 0.1) is 0 Å². The average Bonchev–Trinajstić information content (AvgIpc) is 2.82. The summed E-state index contributed by atoms with van der Waals surface area (Å²) in [5.41, 5.74) is 6.94. The Bertz CT molecular complexity index is 550. The molecule has 0 aliphatic carbocycles. The van der Waals surface area contributed by atoms with E-state index in [0.29, 0.717) is 18.1 Å². The van der Waals surface area contributed by atoms with E-state index < -0.39 is 0 Å². The van der Waals surface area contributed by atoms with Gasteiger partial charge in [0.05, 0.1) is 19.0 Å². The van der Waals surface area contributed by atoms with Crippen LogP contribution in [0.2, 0.25) is 0 Å². The molecule has 0 saturated heterocycles. The van der Waals surface area contributed by atoms with Gasteiger partial charge in [0, 0.05) is 25.0 Å². The summed E-state index contributed by atoms with van der Waals surface area (Å²) in [6, 6.07) is 3.59. The number of ether oxygens (including phenoxy) is 1. The van der Waals surface area contributed by atoms with Crippen molar-refractivity contribution in [3.63, 3.8) is 0 Å². The highest BCUT2D eigenvalue weighted by Crippen LogP contribution is 2.06. The number of hydrogen-bond acceptors (Lipinski definition) is 5. The minimum Gasteiger partial charge on any atom is -0.481 e. The summed E-state index contributed by atoms with van der Waals surface area (Å²) in [5, 5.41) is 6.71. The molecule has 0 radical (unpaired) electrons. The van der Waals surface area contributed by atoms with E-state index in [1.165, 1.54) is 10.9 Å². The molecule has 0 bridgehead atoms. The van der Waals surface area contributed by atoms with Crippen molar-refractivity contribution in [1.82, 2.24) is 20.1 Å². The van der Waals surface area contributed by atoms with Gasteiger partial charge in [-0.05, 0) is 5.56 Å². The third-order valence-corrected chi connectivity index (χ3v) is 2.46. The third-order valence-electron chi connectivity index (χ3n) is 2.46. The van der Waals surface area contributed by atoms with Crippen LogP contribution in [0.1, 0.15) is 5.56 Å². The van der Waals surface area contributed by atoms with Crippen LogP contribution >= 0.6 is 0 Å². The molecule has 2 aromatic heterocycles. The topological polar surface area (TPSA) is 95.1 Å². The van der Waals surface area contributed by atoms with Gasteiger partial charge in [-0.3, -0.25) is 9.48 Å². The number of nitrogens with one attached hydrogen (secondary N) is 1. The lowest BCUT2D eigenvalue weighted by molar-refractivity contribution is -0.122. The molecule has 2 aromatic rings. The number of carbonyl (C=O) groups excluding carboxylic acids is 1. The molecule has 7 nitrogen and oxygen atoms in total. The molecule has 19 heavy (non-hydrogen) atoms. The number of nitrogens with zero attached hydrogens (tertiary/aromatic N) is 3. The average molecular weight is 261 g/mol. The first kappa shape index (κ1) is 12.9. The predicted octanol–water partition coefficient (Wildman–Crippen LogP) is 0.185. The Morgan fingerprint density at radius 3 is 2.89 bits per heavy atom. The zero-order chi connectivity index (χ0) is 13.7. The first-order chi connectivity index (χ1) is 9.17. The smallest absolute Gasteiger partial charge is 0.241 e. The molecule has 0 aromatic carbocycles. The molecule has 0 atom stereocenters. The number of methoxy groups -OCH3 is 1. The van der Waals surface area contributed by atoms with Gasteiger partial charge in [0.25, 0.3) is 0 Å². The fraction of sp³-hybridized carbons (Fsp3) is 0.250. The second-order valence-corrected chi connectivity index (χ2v) is 3.96. The van der Waals surface area contributed by atoms with Crippen molar-refractivity contribution in [2.24, 2.45) is 0 Å². The van der Waals surface area contributed by atoms with Crippen LogP contribution in [-0.2, 0) is 17.9 Å². The Morgan fingerprint density at radius 1 is 1.47 bits per heavy atom. The summed E-state index contributed by atoms with van der Waals surface area (Å²) >= 11 is 0. The number of rotatable bonds is 5. The molecule has 0 unspecified atom stereocenters. The fourth-order valence-corrected chi connectivity index (χ4v) is 1.51. The molecular weight excluding hydrogens is 246 g/mol. The van der Waals surface area contributed by atoms with Gasteiger partial charge in [-0.25, -0.2) is 4.98 Å². The lowest BCUT2D eigenvalue weighted by Crippen LogP contribution is -2.27. The number of hydrogen-bond donors (Lipinski definition) is 2. The van der Waals surface area contributed by atoms with Gasteiger partial charge >= 0.3 is 0 Å². The molecule has 1 amide bonds. The van der Waals surface area contributed by atoms with Gasteiger partial charge in [-0.1, -0.05) is 6.07 Å². The highest BCUT2D eigenvalue weighted by Gasteiger charge is 2.04. The van der Waals surface area contributed by atoms with Crippen molar-refractivity contribution in [2.75, 3.05) is 12.8 Å². The molecule has 0 fully saturated rings. The van der Waals surface area contributed by atoms with Crippen LogP contribution in [0.4, 0.5) is 5.69 Å². The van der Waals surface area contributed by atoms with E-state index in [-0.39, 0.29) is 12.5 Å². The highest BCUT2D eigenvalue weighted by molar-refractivity contribution is 5.75. The highest BCUT2D eigenvalue weighted by atomic mass is 16.5. The number of amides is 1. The number of nitrogen functional groups attached to an aromatic ring is 1. The van der Waals surface area contributed by atoms with Crippen LogP contribution in [0.25, 0.3) is 0 Å². The molecule has 0 spiro atoms. The maximum Gasteiger partial charge on any atom is 0.241 e. The molecule has 2 rings (SSSR count). The fourth-order valence-electron chi connectivity index (χ4n) is 1.51. The number of aromatic nitrogens is 3. The van der Waals surface area contributed by atoms with Gasteiger partial charge < -0.3 is 15.8 Å². The molecule has 100 valence electrons. The largest absolute Gasteiger partial charge is 0.481 e.